The molecule has 0 saturated carbocycles. The predicted octanol–water partition coefficient (Wildman–Crippen LogP) is 2.66. The quantitative estimate of drug-likeness (QED) is 0.635. The number of piperazine rings is 1. The second-order valence-corrected chi connectivity index (χ2v) is 8.78. The number of urea groups is 1. The van der Waals surface area contributed by atoms with Crippen LogP contribution in [0.5, 0.6) is 0 Å². The van der Waals surface area contributed by atoms with Crippen LogP contribution < -0.4 is 10.2 Å². The van der Waals surface area contributed by atoms with Crippen molar-refractivity contribution >= 4 is 40.9 Å². The Balaban J connectivity index is 0.000000429. The van der Waals surface area contributed by atoms with Gasteiger partial charge in [0.15, 0.2) is 0 Å². The second kappa shape index (κ2) is 10.1. The maximum absolute atomic E-state index is 12.7. The van der Waals surface area contributed by atoms with Crippen LogP contribution >= 0.6 is 11.6 Å². The summed E-state index contributed by atoms with van der Waals surface area (Å²) >= 11 is 5.90. The number of likely N-dealkylation sites (tertiary alicyclic amines) is 1. The maximum atomic E-state index is 12.7. The molecule has 0 aliphatic carbocycles. The zero-order chi connectivity index (χ0) is 26.0. The van der Waals surface area contributed by atoms with Gasteiger partial charge in [-0.25, -0.2) is 9.59 Å². The van der Waals surface area contributed by atoms with Gasteiger partial charge in [-0.3, -0.25) is 14.4 Å². The lowest BCUT2D eigenvalue weighted by Crippen LogP contribution is -2.64. The molecule has 1 spiro atoms. The molecule has 2 N–H and O–H groups in total. The first-order valence-electron chi connectivity index (χ1n) is 10.4. The molecule has 10 nitrogen and oxygen atoms in total. The first-order valence-corrected chi connectivity index (χ1v) is 10.8. The largest absolute Gasteiger partial charge is 0.490 e. The maximum Gasteiger partial charge on any atom is 0.490 e. The van der Waals surface area contributed by atoms with Gasteiger partial charge in [0.2, 0.25) is 5.91 Å². The number of anilines is 2. The van der Waals surface area contributed by atoms with Gasteiger partial charge in [0.05, 0.1) is 24.0 Å². The number of aryl methyl sites for hydroxylation is 1. The molecule has 2 aliphatic heterocycles. The van der Waals surface area contributed by atoms with Crippen LogP contribution in [-0.4, -0.2) is 87.5 Å². The van der Waals surface area contributed by atoms with E-state index in [1.807, 2.05) is 25.2 Å². The average Bonchev–Trinajstić information content (AvgIpc) is 3.40. The number of amides is 3. The lowest BCUT2D eigenvalue weighted by molar-refractivity contribution is -0.192. The van der Waals surface area contributed by atoms with E-state index in [9.17, 15) is 22.8 Å². The number of halogens is 4. The number of likely N-dealkylation sites (N-methyl/N-ethyl adjacent to an activating group) is 1. The molecule has 3 amide bonds. The van der Waals surface area contributed by atoms with Crippen LogP contribution in [0.1, 0.15) is 6.42 Å². The van der Waals surface area contributed by atoms with Crippen LogP contribution in [0, 0.1) is 0 Å². The molecule has 0 bridgehead atoms. The molecule has 35 heavy (non-hydrogen) atoms. The highest BCUT2D eigenvalue weighted by Crippen LogP contribution is 2.33. The fraction of sp³-hybridized carbons (Fsp3) is 0.429. The number of nitrogens with one attached hydrogen (secondary N) is 1. The van der Waals surface area contributed by atoms with E-state index in [4.69, 9.17) is 21.5 Å². The summed E-state index contributed by atoms with van der Waals surface area (Å²) in [6, 6.07) is 6.91. The molecule has 4 rings (SSSR count). The number of rotatable bonds is 2. The minimum absolute atomic E-state index is 0.0465. The van der Waals surface area contributed by atoms with Crippen molar-refractivity contribution in [3.05, 3.63) is 41.7 Å². The van der Waals surface area contributed by atoms with E-state index in [-0.39, 0.29) is 17.5 Å². The van der Waals surface area contributed by atoms with Gasteiger partial charge in [-0.05, 0) is 37.7 Å². The van der Waals surface area contributed by atoms with Crippen LogP contribution in [-0.2, 0) is 16.6 Å². The number of hydrogen-bond acceptors (Lipinski definition) is 5. The lowest BCUT2D eigenvalue weighted by Gasteiger charge is -2.46. The second-order valence-electron chi connectivity index (χ2n) is 8.34. The van der Waals surface area contributed by atoms with Gasteiger partial charge in [-0.2, -0.15) is 18.3 Å². The van der Waals surface area contributed by atoms with Gasteiger partial charge in [-0.15, -0.1) is 0 Å². The average molecular weight is 517 g/mol. The van der Waals surface area contributed by atoms with Crippen molar-refractivity contribution in [1.82, 2.24) is 19.6 Å². The highest BCUT2D eigenvalue weighted by Gasteiger charge is 2.49. The molecular weight excluding hydrogens is 493 g/mol. The van der Waals surface area contributed by atoms with E-state index >= 15 is 0 Å². The van der Waals surface area contributed by atoms with Gasteiger partial charge < -0.3 is 20.2 Å². The van der Waals surface area contributed by atoms with Crippen molar-refractivity contribution in [2.45, 2.75) is 18.1 Å². The number of carbonyl (C=O) groups excluding carboxylic acids is 2. The van der Waals surface area contributed by atoms with Crippen molar-refractivity contribution < 1.29 is 32.7 Å². The molecular formula is C21H24ClF3N6O4. The van der Waals surface area contributed by atoms with E-state index in [1.54, 1.807) is 40.0 Å². The number of benzene rings is 1. The van der Waals surface area contributed by atoms with Gasteiger partial charge in [-0.1, -0.05) is 11.6 Å². The van der Waals surface area contributed by atoms with Crippen LogP contribution in [0.2, 0.25) is 5.02 Å². The zero-order valence-electron chi connectivity index (χ0n) is 18.9. The van der Waals surface area contributed by atoms with Crippen molar-refractivity contribution in [1.29, 1.82) is 0 Å². The molecule has 2 saturated heterocycles. The van der Waals surface area contributed by atoms with Crippen molar-refractivity contribution in [2.24, 2.45) is 7.05 Å². The Hall–Kier alpha value is -3.32. The molecule has 2 aliphatic rings. The van der Waals surface area contributed by atoms with Gasteiger partial charge >= 0.3 is 18.2 Å². The Morgan fingerprint density at radius 1 is 1.17 bits per heavy atom. The van der Waals surface area contributed by atoms with E-state index in [2.05, 4.69) is 15.3 Å². The molecule has 1 aromatic heterocycles. The van der Waals surface area contributed by atoms with Crippen LogP contribution in [0.25, 0.3) is 0 Å². The Bertz CT molecular complexity index is 1090. The minimum Gasteiger partial charge on any atom is -0.475 e. The van der Waals surface area contributed by atoms with Crippen LogP contribution in [0.15, 0.2) is 36.7 Å². The third-order valence-corrected chi connectivity index (χ3v) is 6.15. The normalized spacial score (nSPS) is 20.6. The van der Waals surface area contributed by atoms with Gasteiger partial charge in [0.25, 0.3) is 0 Å². The summed E-state index contributed by atoms with van der Waals surface area (Å²) in [7, 11) is 3.79. The molecule has 1 atom stereocenters. The highest BCUT2D eigenvalue weighted by molar-refractivity contribution is 6.30. The molecule has 0 radical (unpaired) electrons. The monoisotopic (exact) mass is 516 g/mol. The zero-order valence-corrected chi connectivity index (χ0v) is 19.7. The summed E-state index contributed by atoms with van der Waals surface area (Å²) in [5.41, 5.74) is 1.24. The number of alkyl halides is 3. The van der Waals surface area contributed by atoms with Crippen LogP contribution in [0.3, 0.4) is 0 Å². The standard InChI is InChI=1S/C19H23ClN6O2.C2HF3O2/c1-23-11-17(27)26(16-9-21-24(2)10-16)13-19(23)7-8-25(12-19)18(28)22-15-5-3-14(20)4-6-15;3-2(4,5)1(6)7/h3-6,9-10H,7-8,11-13H2,1-2H3,(H,22,28);(H,6,7). The Morgan fingerprint density at radius 3 is 2.34 bits per heavy atom. The van der Waals surface area contributed by atoms with E-state index in [0.29, 0.717) is 36.9 Å². The van der Waals surface area contributed by atoms with E-state index in [0.717, 1.165) is 12.1 Å². The number of carbonyl (C=O) groups is 3. The molecule has 3 heterocycles. The SMILES string of the molecule is CN1CC(=O)N(c2cnn(C)c2)CC12CCN(C(=O)Nc1ccc(Cl)cc1)C2.O=C(O)C(F)(F)F. The van der Waals surface area contributed by atoms with Crippen LogP contribution in [0.4, 0.5) is 29.3 Å². The van der Waals surface area contributed by atoms with Gasteiger partial charge in [0, 0.05) is 43.6 Å². The summed E-state index contributed by atoms with van der Waals surface area (Å²) in [6.07, 6.45) is -0.727. The third kappa shape index (κ3) is 6.22. The predicted molar refractivity (Wildman–Crippen MR) is 121 cm³/mol. The summed E-state index contributed by atoms with van der Waals surface area (Å²) in [6.45, 7) is 2.06. The highest BCUT2D eigenvalue weighted by atomic mass is 35.5. The van der Waals surface area contributed by atoms with Crippen molar-refractivity contribution in [2.75, 3.05) is 43.4 Å². The smallest absolute Gasteiger partial charge is 0.475 e. The van der Waals surface area contributed by atoms with Gasteiger partial charge in [0.1, 0.15) is 0 Å². The van der Waals surface area contributed by atoms with E-state index < -0.39 is 12.1 Å². The molecule has 2 fully saturated rings. The summed E-state index contributed by atoms with van der Waals surface area (Å²) in [5.74, 6) is -2.71. The minimum atomic E-state index is -5.08. The molecule has 1 aromatic carbocycles. The molecule has 14 heteroatoms. The first-order chi connectivity index (χ1) is 16.3. The fourth-order valence-electron chi connectivity index (χ4n) is 3.95. The number of carboxylic acid groups (broad SMARTS) is 1. The first kappa shape index (κ1) is 26.3. The Labute approximate surface area is 203 Å². The number of carboxylic acids is 1. The number of hydrogen-bond donors (Lipinski definition) is 2. The van der Waals surface area contributed by atoms with Crippen molar-refractivity contribution in [3.8, 4) is 0 Å². The number of aliphatic carboxylic acids is 1. The molecule has 190 valence electrons. The number of nitrogens with zero attached hydrogens (tertiary/aromatic N) is 5. The van der Waals surface area contributed by atoms with Crippen molar-refractivity contribution in [3.63, 3.8) is 0 Å². The Kier molecular flexibility index (Phi) is 7.60. The lowest BCUT2D eigenvalue weighted by atomic mass is 9.93. The third-order valence-electron chi connectivity index (χ3n) is 5.90. The van der Waals surface area contributed by atoms with E-state index in [1.165, 1.54) is 0 Å². The summed E-state index contributed by atoms with van der Waals surface area (Å²) in [4.78, 5) is 39.9. The fourth-order valence-corrected chi connectivity index (χ4v) is 4.07. The number of aromatic nitrogens is 2. The summed E-state index contributed by atoms with van der Waals surface area (Å²) < 4.78 is 33.4. The molecule has 1 unspecified atom stereocenters. The Morgan fingerprint density at radius 2 is 1.80 bits per heavy atom. The molecule has 2 aromatic rings. The topological polar surface area (TPSA) is 111 Å². The summed E-state index contributed by atoms with van der Waals surface area (Å²) in [5, 5.41) is 14.9.